The summed E-state index contributed by atoms with van der Waals surface area (Å²) in [5.41, 5.74) is 1.79. The third-order valence-electron chi connectivity index (χ3n) is 4.72. The quantitative estimate of drug-likeness (QED) is 0.871. The molecule has 0 unspecified atom stereocenters. The summed E-state index contributed by atoms with van der Waals surface area (Å²) in [4.78, 5) is 15.0. The van der Waals surface area contributed by atoms with E-state index >= 15 is 0 Å². The van der Waals surface area contributed by atoms with E-state index in [0.29, 0.717) is 18.4 Å². The number of hydrogen-bond acceptors (Lipinski definition) is 3. The van der Waals surface area contributed by atoms with E-state index in [1.54, 1.807) is 0 Å². The minimum Gasteiger partial charge on any atom is -0.306 e. The summed E-state index contributed by atoms with van der Waals surface area (Å²) in [6.07, 6.45) is 5.26. The van der Waals surface area contributed by atoms with Crippen molar-refractivity contribution < 1.29 is 8.42 Å². The van der Waals surface area contributed by atoms with Gasteiger partial charge in [0.05, 0.1) is 17.3 Å². The molecule has 7 heteroatoms. The van der Waals surface area contributed by atoms with Crippen molar-refractivity contribution in [2.45, 2.75) is 32.2 Å². The number of aromatic amines is 1. The van der Waals surface area contributed by atoms with Crippen LogP contribution in [0.4, 0.5) is 0 Å². The van der Waals surface area contributed by atoms with Crippen LogP contribution in [0, 0.1) is 11.8 Å². The molecule has 6 nitrogen and oxygen atoms in total. The monoisotopic (exact) mass is 337 g/mol. The largest absolute Gasteiger partial charge is 0.326 e. The molecule has 2 N–H and O–H groups in total. The first-order valence-corrected chi connectivity index (χ1v) is 9.94. The molecule has 0 radical (unpaired) electrons. The maximum atomic E-state index is 12.1. The molecule has 0 bridgehead atoms. The van der Waals surface area contributed by atoms with Crippen molar-refractivity contribution in [3.8, 4) is 0 Å². The third-order valence-corrected chi connectivity index (χ3v) is 5.41. The molecule has 1 heterocycles. The van der Waals surface area contributed by atoms with Crippen LogP contribution in [-0.4, -0.2) is 30.8 Å². The SMILES string of the molecule is CS(=O)(=O)NCC1CCC(Cn2c(=O)[nH]c3ccccc32)CC1. The van der Waals surface area contributed by atoms with Crippen LogP contribution in [0.2, 0.25) is 0 Å². The number of H-pyrrole nitrogens is 1. The number of aromatic nitrogens is 2. The van der Waals surface area contributed by atoms with Gasteiger partial charge in [-0.15, -0.1) is 0 Å². The Bertz CT molecular complexity index is 830. The number of fused-ring (bicyclic) bond motifs is 1. The summed E-state index contributed by atoms with van der Waals surface area (Å²) in [5.74, 6) is 0.877. The maximum Gasteiger partial charge on any atom is 0.326 e. The zero-order valence-corrected chi connectivity index (χ0v) is 14.1. The summed E-state index contributed by atoms with van der Waals surface area (Å²) < 4.78 is 26.7. The second-order valence-corrected chi connectivity index (χ2v) is 8.40. The first-order valence-electron chi connectivity index (χ1n) is 8.04. The number of nitrogens with zero attached hydrogens (tertiary/aromatic N) is 1. The van der Waals surface area contributed by atoms with Crippen molar-refractivity contribution in [1.82, 2.24) is 14.3 Å². The predicted molar refractivity (Wildman–Crippen MR) is 90.9 cm³/mol. The number of hydrogen-bond donors (Lipinski definition) is 2. The standard InChI is InChI=1S/C16H23N3O3S/c1-23(21,22)17-10-12-6-8-13(9-7-12)11-19-15-5-3-2-4-14(15)18-16(19)20/h2-5,12-13,17H,6-11H2,1H3,(H,18,20). The first kappa shape index (κ1) is 16.3. The van der Waals surface area contributed by atoms with Crippen LogP contribution in [0.5, 0.6) is 0 Å². The van der Waals surface area contributed by atoms with E-state index in [-0.39, 0.29) is 5.69 Å². The molecule has 0 aliphatic heterocycles. The molecular formula is C16H23N3O3S. The lowest BCUT2D eigenvalue weighted by molar-refractivity contribution is 0.253. The summed E-state index contributed by atoms with van der Waals surface area (Å²) in [6, 6.07) is 7.75. The lowest BCUT2D eigenvalue weighted by atomic mass is 9.82. The fourth-order valence-corrected chi connectivity index (χ4v) is 3.97. The van der Waals surface area contributed by atoms with Gasteiger partial charge in [0, 0.05) is 13.1 Å². The number of benzene rings is 1. The number of imidazole rings is 1. The van der Waals surface area contributed by atoms with E-state index < -0.39 is 10.0 Å². The second kappa shape index (κ2) is 6.49. The summed E-state index contributed by atoms with van der Waals surface area (Å²) in [6.45, 7) is 1.26. The van der Waals surface area contributed by atoms with E-state index in [1.807, 2.05) is 28.8 Å². The van der Waals surface area contributed by atoms with Crippen LogP contribution >= 0.6 is 0 Å². The average Bonchev–Trinajstić information content (AvgIpc) is 2.82. The molecule has 1 aromatic heterocycles. The molecule has 1 aromatic carbocycles. The van der Waals surface area contributed by atoms with Crippen LogP contribution in [0.15, 0.2) is 29.1 Å². The zero-order chi connectivity index (χ0) is 16.4. The molecule has 1 saturated carbocycles. The van der Waals surface area contributed by atoms with Crippen LogP contribution in [0.1, 0.15) is 25.7 Å². The number of sulfonamides is 1. The minimum atomic E-state index is -3.11. The average molecular weight is 337 g/mol. The lowest BCUT2D eigenvalue weighted by Gasteiger charge is -2.28. The Hall–Kier alpha value is -1.60. The highest BCUT2D eigenvalue weighted by Gasteiger charge is 2.23. The fraction of sp³-hybridized carbons (Fsp3) is 0.562. The molecule has 2 aromatic rings. The van der Waals surface area contributed by atoms with Gasteiger partial charge in [-0.05, 0) is 49.7 Å². The first-order chi connectivity index (χ1) is 10.9. The Balaban J connectivity index is 1.60. The van der Waals surface area contributed by atoms with Crippen molar-refractivity contribution in [3.63, 3.8) is 0 Å². The molecule has 0 saturated heterocycles. The van der Waals surface area contributed by atoms with Crippen LogP contribution in [-0.2, 0) is 16.6 Å². The minimum absolute atomic E-state index is 0.0490. The van der Waals surface area contributed by atoms with Gasteiger partial charge >= 0.3 is 5.69 Å². The zero-order valence-electron chi connectivity index (χ0n) is 13.3. The highest BCUT2D eigenvalue weighted by atomic mass is 32.2. The van der Waals surface area contributed by atoms with Gasteiger partial charge in [-0.1, -0.05) is 12.1 Å². The van der Waals surface area contributed by atoms with E-state index in [0.717, 1.165) is 43.3 Å². The third kappa shape index (κ3) is 4.03. The van der Waals surface area contributed by atoms with Gasteiger partial charge in [0.2, 0.25) is 10.0 Å². The lowest BCUT2D eigenvalue weighted by Crippen LogP contribution is -2.31. The molecule has 1 fully saturated rings. The van der Waals surface area contributed by atoms with Crippen molar-refractivity contribution in [2.75, 3.05) is 12.8 Å². The Kier molecular flexibility index (Phi) is 4.59. The number of nitrogens with one attached hydrogen (secondary N) is 2. The Morgan fingerprint density at radius 3 is 2.52 bits per heavy atom. The Morgan fingerprint density at radius 1 is 1.17 bits per heavy atom. The van der Waals surface area contributed by atoms with Crippen molar-refractivity contribution in [2.24, 2.45) is 11.8 Å². The topological polar surface area (TPSA) is 84.0 Å². The summed E-state index contributed by atoms with van der Waals surface area (Å²) in [5, 5.41) is 0. The summed E-state index contributed by atoms with van der Waals surface area (Å²) >= 11 is 0. The van der Waals surface area contributed by atoms with Crippen LogP contribution < -0.4 is 10.4 Å². The number of para-hydroxylation sites is 2. The van der Waals surface area contributed by atoms with Crippen LogP contribution in [0.25, 0.3) is 11.0 Å². The van der Waals surface area contributed by atoms with Crippen molar-refractivity contribution in [1.29, 1.82) is 0 Å². The van der Waals surface area contributed by atoms with Crippen LogP contribution in [0.3, 0.4) is 0 Å². The maximum absolute atomic E-state index is 12.1. The number of rotatable bonds is 5. The fourth-order valence-electron chi connectivity index (χ4n) is 3.43. The van der Waals surface area contributed by atoms with Gasteiger partial charge in [-0.25, -0.2) is 17.9 Å². The van der Waals surface area contributed by atoms with Gasteiger partial charge in [-0.2, -0.15) is 0 Å². The van der Waals surface area contributed by atoms with Gasteiger partial charge in [0.15, 0.2) is 0 Å². The Labute approximate surface area is 136 Å². The molecule has 3 rings (SSSR count). The molecule has 1 aliphatic carbocycles. The molecule has 126 valence electrons. The smallest absolute Gasteiger partial charge is 0.306 e. The van der Waals surface area contributed by atoms with E-state index in [9.17, 15) is 13.2 Å². The molecular weight excluding hydrogens is 314 g/mol. The predicted octanol–water partition coefficient (Wildman–Crippen LogP) is 1.69. The van der Waals surface area contributed by atoms with Gasteiger partial charge in [0.25, 0.3) is 0 Å². The van der Waals surface area contributed by atoms with E-state index in [1.165, 1.54) is 6.26 Å². The Morgan fingerprint density at radius 2 is 1.83 bits per heavy atom. The van der Waals surface area contributed by atoms with Crippen molar-refractivity contribution >= 4 is 21.1 Å². The normalized spacial score (nSPS) is 22.5. The van der Waals surface area contributed by atoms with Gasteiger partial charge < -0.3 is 4.98 Å². The second-order valence-electron chi connectivity index (χ2n) is 6.57. The highest BCUT2D eigenvalue weighted by molar-refractivity contribution is 7.88. The molecule has 0 amide bonds. The van der Waals surface area contributed by atoms with Gasteiger partial charge in [0.1, 0.15) is 0 Å². The molecule has 0 spiro atoms. The van der Waals surface area contributed by atoms with E-state index in [4.69, 9.17) is 0 Å². The molecule has 23 heavy (non-hydrogen) atoms. The highest BCUT2D eigenvalue weighted by Crippen LogP contribution is 2.29. The molecule has 1 aliphatic rings. The van der Waals surface area contributed by atoms with E-state index in [2.05, 4.69) is 9.71 Å². The summed E-state index contributed by atoms with van der Waals surface area (Å²) in [7, 11) is -3.11. The van der Waals surface area contributed by atoms with Gasteiger partial charge in [-0.3, -0.25) is 4.57 Å². The molecule has 0 atom stereocenters. The van der Waals surface area contributed by atoms with Crippen molar-refractivity contribution in [3.05, 3.63) is 34.7 Å².